The molecule has 1 amide bonds. The number of aromatic nitrogens is 1. The second-order valence-electron chi connectivity index (χ2n) is 8.62. The highest BCUT2D eigenvalue weighted by atomic mass is 32.2. The molecule has 0 spiro atoms. The summed E-state index contributed by atoms with van der Waals surface area (Å²) in [6.45, 7) is 3.07. The van der Waals surface area contributed by atoms with E-state index in [1.54, 1.807) is 4.90 Å². The minimum absolute atomic E-state index is 0.0373. The molecule has 4 aromatic rings. The Morgan fingerprint density at radius 1 is 0.972 bits per heavy atom. The monoisotopic (exact) mass is 496 g/mol. The number of hydrogen-bond acceptors (Lipinski definition) is 7. The average Bonchev–Trinajstić information content (AvgIpc) is 3.56. The molecule has 36 heavy (non-hydrogen) atoms. The molecular formula is C28H24N4O3S. The van der Waals surface area contributed by atoms with E-state index in [9.17, 15) is 4.79 Å². The van der Waals surface area contributed by atoms with Crippen LogP contribution in [0, 0.1) is 6.92 Å². The van der Waals surface area contributed by atoms with E-state index in [0.29, 0.717) is 24.2 Å². The molecule has 0 saturated carbocycles. The van der Waals surface area contributed by atoms with Crippen molar-refractivity contribution < 1.29 is 14.3 Å². The van der Waals surface area contributed by atoms with Crippen molar-refractivity contribution in [2.75, 3.05) is 23.5 Å². The number of benzene rings is 3. The molecule has 2 aliphatic rings. The van der Waals surface area contributed by atoms with Crippen LogP contribution in [0.1, 0.15) is 28.2 Å². The highest BCUT2D eigenvalue weighted by Crippen LogP contribution is 2.42. The van der Waals surface area contributed by atoms with Gasteiger partial charge in [-0.3, -0.25) is 15.1 Å². The molecular weight excluding hydrogens is 472 g/mol. The molecule has 7 nitrogen and oxygen atoms in total. The van der Waals surface area contributed by atoms with Gasteiger partial charge in [-0.2, -0.15) is 0 Å². The van der Waals surface area contributed by atoms with E-state index in [2.05, 4.69) is 5.43 Å². The zero-order valence-electron chi connectivity index (χ0n) is 19.6. The number of amidine groups is 1. The second-order valence-corrected chi connectivity index (χ2v) is 9.69. The van der Waals surface area contributed by atoms with Gasteiger partial charge in [0, 0.05) is 5.39 Å². The van der Waals surface area contributed by atoms with Crippen LogP contribution in [0.15, 0.2) is 90.0 Å². The largest absolute Gasteiger partial charge is 0.346 e. The van der Waals surface area contributed by atoms with Gasteiger partial charge >= 0.3 is 0 Å². The second kappa shape index (κ2) is 9.73. The van der Waals surface area contributed by atoms with Gasteiger partial charge in [-0.1, -0.05) is 78.0 Å². The Morgan fingerprint density at radius 2 is 1.69 bits per heavy atom. The van der Waals surface area contributed by atoms with Crippen LogP contribution in [0.2, 0.25) is 0 Å². The van der Waals surface area contributed by atoms with E-state index >= 15 is 0 Å². The molecule has 180 valence electrons. The Morgan fingerprint density at radius 3 is 2.47 bits per heavy atom. The van der Waals surface area contributed by atoms with Crippen LogP contribution in [0.5, 0.6) is 0 Å². The van der Waals surface area contributed by atoms with Crippen LogP contribution in [-0.2, 0) is 14.3 Å². The number of hydrogen-bond donors (Lipinski definition) is 1. The van der Waals surface area contributed by atoms with Gasteiger partial charge < -0.3 is 9.47 Å². The molecule has 1 atom stereocenters. The lowest BCUT2D eigenvalue weighted by Crippen LogP contribution is -2.30. The minimum Gasteiger partial charge on any atom is -0.346 e. The first-order chi connectivity index (χ1) is 17.7. The highest BCUT2D eigenvalue weighted by molar-refractivity contribution is 8.15. The number of thioether (sulfide) groups is 1. The lowest BCUT2D eigenvalue weighted by Gasteiger charge is -2.18. The van der Waals surface area contributed by atoms with E-state index < -0.39 is 11.5 Å². The quantitative estimate of drug-likeness (QED) is 0.352. The van der Waals surface area contributed by atoms with E-state index in [4.69, 9.17) is 19.6 Å². The fourth-order valence-electron chi connectivity index (χ4n) is 4.31. The number of amides is 1. The Labute approximate surface area is 213 Å². The number of carbonyl (C=O) groups excluding carboxylic acids is 1. The van der Waals surface area contributed by atoms with Crippen molar-refractivity contribution >= 4 is 45.2 Å². The molecule has 6 rings (SSSR count). The molecule has 0 radical (unpaired) electrons. The van der Waals surface area contributed by atoms with Crippen molar-refractivity contribution in [3.63, 3.8) is 0 Å². The topological polar surface area (TPSA) is 76.1 Å². The fourth-order valence-corrected chi connectivity index (χ4v) is 5.42. The van der Waals surface area contributed by atoms with Gasteiger partial charge in [0.15, 0.2) is 17.3 Å². The number of nitrogens with zero attached hydrogens (tertiary/aromatic N) is 3. The van der Waals surface area contributed by atoms with Crippen LogP contribution >= 0.6 is 11.8 Å². The first kappa shape index (κ1) is 22.7. The molecule has 0 aliphatic carbocycles. The number of anilines is 2. The third-order valence-corrected chi connectivity index (χ3v) is 7.33. The van der Waals surface area contributed by atoms with Crippen LogP contribution < -0.4 is 10.3 Å². The Hall–Kier alpha value is -3.72. The Kier molecular flexibility index (Phi) is 6.14. The van der Waals surface area contributed by atoms with E-state index in [1.807, 2.05) is 91.9 Å². The van der Waals surface area contributed by atoms with Crippen molar-refractivity contribution in [3.05, 3.63) is 102 Å². The first-order valence-corrected chi connectivity index (χ1v) is 12.6. The minimum atomic E-state index is -0.520. The Bertz CT molecular complexity index is 1440. The van der Waals surface area contributed by atoms with Crippen molar-refractivity contribution in [2.24, 2.45) is 5.10 Å². The molecule has 1 N–H and O–H groups in total. The number of rotatable bonds is 5. The molecule has 0 bridgehead atoms. The Balaban J connectivity index is 1.39. The molecule has 3 heterocycles. The third kappa shape index (κ3) is 4.35. The van der Waals surface area contributed by atoms with E-state index in [-0.39, 0.29) is 5.91 Å². The van der Waals surface area contributed by atoms with Crippen molar-refractivity contribution in [3.8, 4) is 0 Å². The number of aryl methyl sites for hydroxylation is 1. The summed E-state index contributed by atoms with van der Waals surface area (Å²) in [4.78, 5) is 20.1. The van der Waals surface area contributed by atoms with Crippen LogP contribution in [0.4, 0.5) is 11.5 Å². The highest BCUT2D eigenvalue weighted by Gasteiger charge is 2.40. The van der Waals surface area contributed by atoms with E-state index in [1.165, 1.54) is 11.8 Å². The molecule has 2 saturated heterocycles. The summed E-state index contributed by atoms with van der Waals surface area (Å²) in [7, 11) is 0. The number of hydrazone groups is 1. The van der Waals surface area contributed by atoms with Gasteiger partial charge in [0.2, 0.25) is 0 Å². The van der Waals surface area contributed by atoms with Crippen molar-refractivity contribution in [1.82, 2.24) is 4.98 Å². The summed E-state index contributed by atoms with van der Waals surface area (Å²) in [5.41, 5.74) is 7.56. The summed E-state index contributed by atoms with van der Waals surface area (Å²) < 4.78 is 11.5. The maximum Gasteiger partial charge on any atom is 0.251 e. The van der Waals surface area contributed by atoms with Gasteiger partial charge in [-0.15, -0.1) is 5.10 Å². The van der Waals surface area contributed by atoms with Crippen molar-refractivity contribution in [2.45, 2.75) is 18.5 Å². The molecule has 2 aliphatic heterocycles. The van der Waals surface area contributed by atoms with Crippen LogP contribution in [0.25, 0.3) is 10.9 Å². The zero-order chi connectivity index (χ0) is 24.5. The summed E-state index contributed by atoms with van der Waals surface area (Å²) in [5.74, 6) is 0.498. The number of ether oxygens (including phenoxy) is 2. The molecule has 8 heteroatoms. The maximum absolute atomic E-state index is 13.6. The first-order valence-electron chi connectivity index (χ1n) is 11.8. The number of carbonyl (C=O) groups is 1. The summed E-state index contributed by atoms with van der Waals surface area (Å²) in [6.07, 6.45) is -0.520. The lowest BCUT2D eigenvalue weighted by molar-refractivity contribution is -0.117. The average molecular weight is 497 g/mol. The predicted octanol–water partition coefficient (Wildman–Crippen LogP) is 5.79. The number of para-hydroxylation sites is 1. The zero-order valence-corrected chi connectivity index (χ0v) is 20.4. The molecule has 2 fully saturated rings. The van der Waals surface area contributed by atoms with Gasteiger partial charge in [0.25, 0.3) is 5.91 Å². The SMILES string of the molecule is Cc1ccc(N2C(=O)C(c3ccccc3)S/C2=N\Nc2nc3ccccc3cc2C2OCCO2)cc1. The summed E-state index contributed by atoms with van der Waals surface area (Å²) in [5, 5.41) is 5.84. The van der Waals surface area contributed by atoms with Gasteiger partial charge in [-0.25, -0.2) is 4.98 Å². The van der Waals surface area contributed by atoms with Gasteiger partial charge in [0.1, 0.15) is 5.25 Å². The smallest absolute Gasteiger partial charge is 0.251 e. The van der Waals surface area contributed by atoms with Gasteiger partial charge in [-0.05, 0) is 36.8 Å². The van der Waals surface area contributed by atoms with Crippen molar-refractivity contribution in [1.29, 1.82) is 0 Å². The summed E-state index contributed by atoms with van der Waals surface area (Å²) >= 11 is 1.41. The number of nitrogens with one attached hydrogen (secondary N) is 1. The predicted molar refractivity (Wildman–Crippen MR) is 143 cm³/mol. The van der Waals surface area contributed by atoms with E-state index in [0.717, 1.165) is 33.3 Å². The number of fused-ring (bicyclic) bond motifs is 1. The maximum atomic E-state index is 13.6. The van der Waals surface area contributed by atoms with Crippen LogP contribution in [0.3, 0.4) is 0 Å². The lowest BCUT2D eigenvalue weighted by atomic mass is 10.1. The molecule has 1 unspecified atom stereocenters. The van der Waals surface area contributed by atoms with Crippen LogP contribution in [-0.4, -0.2) is 29.3 Å². The normalized spacial score (nSPS) is 19.5. The summed E-state index contributed by atoms with van der Waals surface area (Å²) in [6, 6.07) is 27.5. The third-order valence-electron chi connectivity index (χ3n) is 6.14. The molecule has 3 aromatic carbocycles. The number of pyridine rings is 1. The standard InChI is InChI=1S/C28H24N4O3S/c1-18-11-13-21(14-12-18)32-26(33)24(19-7-3-2-4-8-19)36-28(32)31-30-25-22(27-34-15-16-35-27)17-20-9-5-6-10-23(20)29-25/h2-14,17,24,27H,15-16H2,1H3,(H,29,30)/b31-28-. The molecule has 1 aromatic heterocycles. The fraction of sp³-hybridized carbons (Fsp3) is 0.179. The van der Waals surface area contributed by atoms with Gasteiger partial charge in [0.05, 0.1) is 30.0 Å².